The monoisotopic (exact) mass is 292 g/mol. The van der Waals surface area contributed by atoms with Gasteiger partial charge in [-0.05, 0) is 30.7 Å². The van der Waals surface area contributed by atoms with Crippen LogP contribution in [0.3, 0.4) is 0 Å². The molecule has 0 spiro atoms. The number of hydrogen-bond acceptors (Lipinski definition) is 4. The van der Waals surface area contributed by atoms with Crippen molar-refractivity contribution in [2.75, 3.05) is 18.1 Å². The van der Waals surface area contributed by atoms with E-state index in [0.717, 1.165) is 5.56 Å². The van der Waals surface area contributed by atoms with Gasteiger partial charge >= 0.3 is 0 Å². The molecule has 0 aliphatic carbocycles. The molecule has 1 aliphatic rings. The van der Waals surface area contributed by atoms with Crippen molar-refractivity contribution in [1.82, 2.24) is 5.32 Å². The quantitative estimate of drug-likeness (QED) is 0.746. The number of carbonyl (C=O) groups excluding carboxylic acids is 1. The van der Waals surface area contributed by atoms with E-state index in [4.69, 9.17) is 5.73 Å². The van der Waals surface area contributed by atoms with Crippen LogP contribution in [0.1, 0.15) is 22.3 Å². The standard InChI is InChI=1S/C14H16N2O3S/c15-8-1-2-11-3-5-12(6-4-11)14(17)16-13-7-9-20(18,19)10-13/h3-6,13H,7-10,15H2,(H,16,17). The first-order valence-electron chi connectivity index (χ1n) is 6.30. The molecule has 6 heteroatoms. The van der Waals surface area contributed by atoms with Crippen LogP contribution in [0.5, 0.6) is 0 Å². The third-order valence-corrected chi connectivity index (χ3v) is 4.82. The number of sulfone groups is 1. The molecule has 1 atom stereocenters. The SMILES string of the molecule is NCC#Cc1ccc(C(=O)NC2CCS(=O)(=O)C2)cc1. The van der Waals surface area contributed by atoms with E-state index in [-0.39, 0.29) is 23.5 Å². The molecule has 1 heterocycles. The molecular formula is C14H16N2O3S. The average Bonchev–Trinajstić information content (AvgIpc) is 2.76. The highest BCUT2D eigenvalue weighted by atomic mass is 32.2. The van der Waals surface area contributed by atoms with E-state index in [9.17, 15) is 13.2 Å². The lowest BCUT2D eigenvalue weighted by Crippen LogP contribution is -2.35. The highest BCUT2D eigenvalue weighted by Gasteiger charge is 2.28. The van der Waals surface area contributed by atoms with Crippen LogP contribution in [0.4, 0.5) is 0 Å². The van der Waals surface area contributed by atoms with Crippen molar-refractivity contribution in [1.29, 1.82) is 0 Å². The van der Waals surface area contributed by atoms with Crippen LogP contribution in [0.2, 0.25) is 0 Å². The first kappa shape index (κ1) is 14.6. The second kappa shape index (κ2) is 6.07. The van der Waals surface area contributed by atoms with Crippen molar-refractivity contribution in [3.8, 4) is 11.8 Å². The van der Waals surface area contributed by atoms with Crippen molar-refractivity contribution in [3.63, 3.8) is 0 Å². The van der Waals surface area contributed by atoms with Gasteiger partial charge in [0.05, 0.1) is 18.1 Å². The molecule has 0 saturated carbocycles. The molecule has 0 bridgehead atoms. The second-order valence-electron chi connectivity index (χ2n) is 4.66. The number of nitrogens with one attached hydrogen (secondary N) is 1. The minimum Gasteiger partial charge on any atom is -0.348 e. The maximum absolute atomic E-state index is 12.0. The predicted octanol–water partition coefficient (Wildman–Crippen LogP) is -0.0863. The highest BCUT2D eigenvalue weighted by Crippen LogP contribution is 2.12. The largest absolute Gasteiger partial charge is 0.348 e. The van der Waals surface area contributed by atoms with Gasteiger partial charge in [-0.25, -0.2) is 8.42 Å². The van der Waals surface area contributed by atoms with Gasteiger partial charge in [0.25, 0.3) is 5.91 Å². The molecule has 1 saturated heterocycles. The fourth-order valence-electron chi connectivity index (χ4n) is 2.04. The van der Waals surface area contributed by atoms with Crippen molar-refractivity contribution >= 4 is 15.7 Å². The molecule has 2 rings (SSSR count). The van der Waals surface area contributed by atoms with Crippen molar-refractivity contribution < 1.29 is 13.2 Å². The molecule has 20 heavy (non-hydrogen) atoms. The Kier molecular flexibility index (Phi) is 4.42. The minimum atomic E-state index is -2.99. The van der Waals surface area contributed by atoms with Gasteiger partial charge in [0, 0.05) is 17.2 Å². The number of nitrogens with two attached hydrogens (primary N) is 1. The van der Waals surface area contributed by atoms with E-state index in [1.54, 1.807) is 24.3 Å². The number of carbonyl (C=O) groups is 1. The number of hydrogen-bond donors (Lipinski definition) is 2. The molecule has 106 valence electrons. The van der Waals surface area contributed by atoms with Gasteiger partial charge in [-0.1, -0.05) is 11.8 Å². The van der Waals surface area contributed by atoms with Crippen LogP contribution in [-0.4, -0.2) is 38.4 Å². The molecule has 1 unspecified atom stereocenters. The Morgan fingerprint density at radius 3 is 2.60 bits per heavy atom. The molecule has 0 radical (unpaired) electrons. The summed E-state index contributed by atoms with van der Waals surface area (Å²) in [6.07, 6.45) is 0.480. The number of benzene rings is 1. The lowest BCUT2D eigenvalue weighted by atomic mass is 10.1. The summed E-state index contributed by atoms with van der Waals surface area (Å²) >= 11 is 0. The van der Waals surface area contributed by atoms with E-state index in [1.165, 1.54) is 0 Å². The third kappa shape index (κ3) is 3.83. The smallest absolute Gasteiger partial charge is 0.251 e. The van der Waals surface area contributed by atoms with Gasteiger partial charge in [-0.3, -0.25) is 4.79 Å². The van der Waals surface area contributed by atoms with Gasteiger partial charge in [-0.15, -0.1) is 0 Å². The molecule has 1 aromatic rings. The summed E-state index contributed by atoms with van der Waals surface area (Å²) in [6.45, 7) is 0.290. The van der Waals surface area contributed by atoms with Gasteiger partial charge in [0.2, 0.25) is 0 Å². The van der Waals surface area contributed by atoms with Crippen molar-refractivity contribution in [3.05, 3.63) is 35.4 Å². The lowest BCUT2D eigenvalue weighted by molar-refractivity contribution is 0.0941. The molecule has 1 amide bonds. The first-order valence-corrected chi connectivity index (χ1v) is 8.12. The topological polar surface area (TPSA) is 89.3 Å². The van der Waals surface area contributed by atoms with Crippen LogP contribution in [0.15, 0.2) is 24.3 Å². The Hall–Kier alpha value is -1.84. The van der Waals surface area contributed by atoms with Gasteiger partial charge in [-0.2, -0.15) is 0 Å². The fraction of sp³-hybridized carbons (Fsp3) is 0.357. The van der Waals surface area contributed by atoms with Crippen LogP contribution in [0.25, 0.3) is 0 Å². The van der Waals surface area contributed by atoms with Gasteiger partial charge in [0.15, 0.2) is 9.84 Å². The highest BCUT2D eigenvalue weighted by molar-refractivity contribution is 7.91. The lowest BCUT2D eigenvalue weighted by Gasteiger charge is -2.10. The van der Waals surface area contributed by atoms with Crippen molar-refractivity contribution in [2.45, 2.75) is 12.5 Å². The maximum Gasteiger partial charge on any atom is 0.251 e. The first-order chi connectivity index (χ1) is 9.50. The molecular weight excluding hydrogens is 276 g/mol. The summed E-state index contributed by atoms with van der Waals surface area (Å²) in [4.78, 5) is 12.0. The molecule has 1 aliphatic heterocycles. The van der Waals surface area contributed by atoms with Crippen molar-refractivity contribution in [2.24, 2.45) is 5.73 Å². The summed E-state index contributed by atoms with van der Waals surface area (Å²) in [6, 6.07) is 6.52. The number of rotatable bonds is 2. The van der Waals surface area contributed by atoms with E-state index in [1.807, 2.05) is 0 Å². The Balaban J connectivity index is 1.99. The third-order valence-electron chi connectivity index (χ3n) is 3.05. The molecule has 5 nitrogen and oxygen atoms in total. The van der Waals surface area contributed by atoms with E-state index in [0.29, 0.717) is 18.5 Å². The average molecular weight is 292 g/mol. The Morgan fingerprint density at radius 1 is 1.35 bits per heavy atom. The summed E-state index contributed by atoms with van der Waals surface area (Å²) in [5.74, 6) is 5.51. The zero-order chi connectivity index (χ0) is 14.6. The second-order valence-corrected chi connectivity index (χ2v) is 6.89. The molecule has 3 N–H and O–H groups in total. The molecule has 0 aromatic heterocycles. The maximum atomic E-state index is 12.0. The van der Waals surface area contributed by atoms with Crippen LogP contribution in [0, 0.1) is 11.8 Å². The fourth-order valence-corrected chi connectivity index (χ4v) is 3.71. The summed E-state index contributed by atoms with van der Waals surface area (Å²) in [7, 11) is -2.99. The van der Waals surface area contributed by atoms with Gasteiger partial charge in [0.1, 0.15) is 0 Å². The zero-order valence-electron chi connectivity index (χ0n) is 10.9. The Labute approximate surface area is 118 Å². The van der Waals surface area contributed by atoms with Crippen LogP contribution in [-0.2, 0) is 9.84 Å². The normalized spacial score (nSPS) is 19.9. The van der Waals surface area contributed by atoms with Crippen LogP contribution < -0.4 is 11.1 Å². The Bertz CT molecular complexity index is 654. The predicted molar refractivity (Wildman–Crippen MR) is 76.9 cm³/mol. The minimum absolute atomic E-state index is 0.0266. The number of amides is 1. The summed E-state index contributed by atoms with van der Waals surface area (Å²) in [5.41, 5.74) is 6.56. The molecule has 1 fully saturated rings. The zero-order valence-corrected chi connectivity index (χ0v) is 11.7. The summed E-state index contributed by atoms with van der Waals surface area (Å²) < 4.78 is 22.7. The van der Waals surface area contributed by atoms with Gasteiger partial charge < -0.3 is 11.1 Å². The molecule has 1 aromatic carbocycles. The summed E-state index contributed by atoms with van der Waals surface area (Å²) in [5, 5.41) is 2.74. The van der Waals surface area contributed by atoms with E-state index in [2.05, 4.69) is 17.2 Å². The Morgan fingerprint density at radius 2 is 2.05 bits per heavy atom. The van der Waals surface area contributed by atoms with E-state index < -0.39 is 9.84 Å². The van der Waals surface area contributed by atoms with E-state index >= 15 is 0 Å². The van der Waals surface area contributed by atoms with Crippen LogP contribution >= 0.6 is 0 Å².